The first-order chi connectivity index (χ1) is 34.6. The van der Waals surface area contributed by atoms with Gasteiger partial charge in [-0.3, -0.25) is 34.1 Å². The second-order valence-corrected chi connectivity index (χ2v) is 18.6. The van der Waals surface area contributed by atoms with Crippen LogP contribution in [-0.2, 0) is 79.8 Å². The van der Waals surface area contributed by atoms with Gasteiger partial charge in [0.2, 0.25) is 23.6 Å². The van der Waals surface area contributed by atoms with Gasteiger partial charge in [0.05, 0.1) is 26.4 Å². The maximum atomic E-state index is 12.9. The van der Waals surface area contributed by atoms with E-state index in [2.05, 4.69) is 26.6 Å². The number of benzene rings is 1. The molecule has 0 bridgehead atoms. The number of amides is 6. The minimum absolute atomic E-state index is 0.00102. The van der Waals surface area contributed by atoms with Gasteiger partial charge < -0.3 is 49.7 Å². The van der Waals surface area contributed by atoms with Crippen molar-refractivity contribution in [3.63, 3.8) is 0 Å². The van der Waals surface area contributed by atoms with E-state index in [1.165, 1.54) is 35.0 Å². The normalized spacial score (nSPS) is 17.3. The smallest absolute Gasteiger partial charge is 0.223 e. The molecule has 72 heavy (non-hydrogen) atoms. The van der Waals surface area contributed by atoms with Crippen LogP contribution in [0, 0.1) is 0 Å². The molecule has 0 saturated carbocycles. The molecular weight excluding hydrogens is 1010 g/mol. The summed E-state index contributed by atoms with van der Waals surface area (Å²) in [7, 11) is 2.91. The van der Waals surface area contributed by atoms with E-state index in [9.17, 15) is 47.9 Å². The maximum Gasteiger partial charge on any atom is 0.223 e. The van der Waals surface area contributed by atoms with Crippen molar-refractivity contribution in [1.82, 2.24) is 30.2 Å². The Bertz CT molecular complexity index is 1870. The minimum atomic E-state index is -1.80. The summed E-state index contributed by atoms with van der Waals surface area (Å²) in [5.74, 6) is -3.12. The Morgan fingerprint density at radius 3 is 1.81 bits per heavy atom. The van der Waals surface area contributed by atoms with Gasteiger partial charge in [-0.05, 0) is 0 Å². The molecule has 1 saturated heterocycles. The van der Waals surface area contributed by atoms with Gasteiger partial charge in [-0.15, -0.1) is 0 Å². The number of Topliss-reactive ketones (excluding diaryl/α,β-unsaturated/α-hetero) is 4. The number of ketones is 4. The van der Waals surface area contributed by atoms with E-state index in [0.29, 0.717) is 5.56 Å². The monoisotopic (exact) mass is 1080 g/mol. The molecule has 2 unspecified atom stereocenters. The van der Waals surface area contributed by atoms with Gasteiger partial charge in [0.1, 0.15) is 43.6 Å². The topological polar surface area (TPSA) is 308 Å². The molecular formula is C47H72GaN6O18. The second kappa shape index (κ2) is 37.9. The number of imide groups is 1. The molecule has 1 heterocycles. The molecule has 0 spiro atoms. The average molecular weight is 1080 g/mol. The minimum Gasteiger partial charge on any atom is -0.372 e. The number of carbonyl (C=O) groups is 10. The number of ether oxygens (including phenoxy) is 7. The summed E-state index contributed by atoms with van der Waals surface area (Å²) in [5, 5.41) is 13.6. The Balaban J connectivity index is 2.21. The predicted molar refractivity (Wildman–Crippen MR) is 255 cm³/mol. The number of hydrogen-bond donors (Lipinski definition) is 5. The SMILES string of the molecule is COCCC(=O)CCNC(=O)CCO[C@@H]1C(NC(C)=O)[C@H](OCNCC(=O)c2ccccc2)OC(COCCC(=O)CCCC(=O)CC[O][Ga][N](C(C)=O)C(C)=O)[C@@H]1OCCC(=O)NCCC(=O)NCOC. The van der Waals surface area contributed by atoms with Crippen molar-refractivity contribution in [2.24, 2.45) is 0 Å². The molecule has 1 aliphatic heterocycles. The van der Waals surface area contributed by atoms with Gasteiger partial charge in [0.15, 0.2) is 12.1 Å². The number of rotatable bonds is 40. The summed E-state index contributed by atoms with van der Waals surface area (Å²) < 4.78 is 47.3. The Morgan fingerprint density at radius 2 is 1.19 bits per heavy atom. The summed E-state index contributed by atoms with van der Waals surface area (Å²) in [5.41, 5.74) is 0.477. The van der Waals surface area contributed by atoms with E-state index < -0.39 is 78.2 Å². The molecule has 24 nitrogen and oxygen atoms in total. The summed E-state index contributed by atoms with van der Waals surface area (Å²) in [6, 6.07) is 7.51. The van der Waals surface area contributed by atoms with Crippen LogP contribution < -0.4 is 26.6 Å². The Labute approximate surface area is 428 Å². The van der Waals surface area contributed by atoms with Gasteiger partial charge in [0, 0.05) is 71.9 Å². The van der Waals surface area contributed by atoms with Crippen LogP contribution in [0.3, 0.4) is 0 Å². The fourth-order valence-electron chi connectivity index (χ4n) is 6.78. The molecule has 1 aromatic carbocycles. The first-order valence-corrected chi connectivity index (χ1v) is 25.9. The summed E-state index contributed by atoms with van der Waals surface area (Å²) >= 11 is -1.80. The standard InChI is InChI=1S/C43H66N5O16.C4H7NO2.Ga/c1-30(50)48-40-42(62-25-18-38(56)45-19-12-34(53)15-22-58-2)41(61-24-17-39(57)46-20-13-37(55)47-29-59-3)36(27-60-23-16-33(52)11-7-10-32(51)14-21-49)64-43(40)63-28-44-26-35(54)31-8-5-4-6-9-31;1-3(6)5-4(2)7;/h4-6,8-9,36,40-44H,7,10-29H2,1-3H3,(H,45,56)(H,46,57)(H,47,55)(H,48,50);1-2H3,(H,5,6,7);/q-1;;+2/p-1/t36?,40?,41-,42+,43+;;/m0../s1. The van der Waals surface area contributed by atoms with E-state index in [1.54, 1.807) is 30.3 Å². The van der Waals surface area contributed by atoms with Crippen molar-refractivity contribution >= 4 is 76.6 Å². The van der Waals surface area contributed by atoms with E-state index in [0.717, 1.165) is 3.61 Å². The Morgan fingerprint density at radius 1 is 0.611 bits per heavy atom. The average Bonchev–Trinajstić information content (AvgIpc) is 3.33. The van der Waals surface area contributed by atoms with Crippen LogP contribution in [-0.4, -0.2) is 198 Å². The fraction of sp³-hybridized carbons (Fsp3) is 0.660. The van der Waals surface area contributed by atoms with Crippen LogP contribution in [0.4, 0.5) is 0 Å². The van der Waals surface area contributed by atoms with Crippen molar-refractivity contribution in [3.05, 3.63) is 35.9 Å². The third-order valence-corrected chi connectivity index (χ3v) is 13.3. The Kier molecular flexibility index (Phi) is 33.3. The molecule has 5 N–H and O–H groups in total. The van der Waals surface area contributed by atoms with Crippen molar-refractivity contribution in [1.29, 1.82) is 0 Å². The summed E-state index contributed by atoms with van der Waals surface area (Å²) in [6.07, 6.45) is -3.95. The molecule has 1 aliphatic rings. The van der Waals surface area contributed by atoms with Crippen LogP contribution in [0.25, 0.3) is 0 Å². The first-order valence-electron chi connectivity index (χ1n) is 23.8. The predicted octanol–water partition coefficient (Wildman–Crippen LogP) is -0.397. The number of nitrogens with one attached hydrogen (secondary N) is 5. The zero-order valence-electron chi connectivity index (χ0n) is 42.0. The van der Waals surface area contributed by atoms with Gasteiger partial charge in [-0.25, -0.2) is 0 Å². The van der Waals surface area contributed by atoms with Gasteiger partial charge in [-0.2, -0.15) is 0 Å². The van der Waals surface area contributed by atoms with Crippen molar-refractivity contribution in [2.75, 3.05) is 87.0 Å². The molecule has 1 radical (unpaired) electrons. The third kappa shape index (κ3) is 27.9. The van der Waals surface area contributed by atoms with Crippen LogP contribution in [0.2, 0.25) is 0 Å². The second-order valence-electron chi connectivity index (χ2n) is 16.4. The number of methoxy groups -OCH3 is 2. The molecule has 25 heteroatoms. The fourth-order valence-corrected chi connectivity index (χ4v) is 8.18. The van der Waals surface area contributed by atoms with Gasteiger partial charge in [-0.1, -0.05) is 30.3 Å². The van der Waals surface area contributed by atoms with Crippen LogP contribution in [0.15, 0.2) is 30.3 Å². The number of nitrogens with zero attached hydrogens (tertiary/aromatic N) is 1. The first kappa shape index (κ1) is 63.3. The molecule has 0 aliphatic carbocycles. The molecule has 5 atom stereocenters. The Hall–Kier alpha value is -4.80. The number of hydrogen-bond acceptors (Lipinski definition) is 19. The molecule has 1 aromatic rings. The molecule has 1 fully saturated rings. The van der Waals surface area contributed by atoms with E-state index >= 15 is 0 Å². The van der Waals surface area contributed by atoms with Crippen molar-refractivity contribution < 1.29 is 84.6 Å². The van der Waals surface area contributed by atoms with Gasteiger partial charge in [0.25, 0.3) is 0 Å². The largest absolute Gasteiger partial charge is 0.372 e. The maximum absolute atomic E-state index is 12.9. The van der Waals surface area contributed by atoms with Crippen LogP contribution in [0.5, 0.6) is 0 Å². The van der Waals surface area contributed by atoms with E-state index in [4.69, 9.17) is 36.7 Å². The van der Waals surface area contributed by atoms with E-state index in [1.807, 2.05) is 0 Å². The molecule has 2 rings (SSSR count). The quantitative estimate of drug-likeness (QED) is 0.0242. The van der Waals surface area contributed by atoms with Crippen LogP contribution in [0.1, 0.15) is 95.3 Å². The third-order valence-electron chi connectivity index (χ3n) is 10.5. The molecule has 401 valence electrons. The summed E-state index contributed by atoms with van der Waals surface area (Å²) in [6.45, 7) is 3.27. The summed E-state index contributed by atoms with van der Waals surface area (Å²) in [4.78, 5) is 124. The van der Waals surface area contributed by atoms with Crippen molar-refractivity contribution in [2.45, 2.75) is 116 Å². The number of carbonyl (C=O) groups excluding carboxylic acids is 10. The zero-order valence-corrected chi connectivity index (χ0v) is 44.4. The zero-order chi connectivity index (χ0) is 53.1. The molecule has 6 amide bonds. The van der Waals surface area contributed by atoms with E-state index in [-0.39, 0.29) is 166 Å². The van der Waals surface area contributed by atoms with Gasteiger partial charge >= 0.3 is 138 Å². The van der Waals surface area contributed by atoms with Crippen molar-refractivity contribution in [3.8, 4) is 0 Å². The van der Waals surface area contributed by atoms with Crippen LogP contribution >= 0.6 is 0 Å². The molecule has 0 aromatic heterocycles.